The molecule has 0 amide bonds. The largest absolute Gasteiger partial charge is 0.379 e. The number of aliphatic hydroxyl groups is 1. The van der Waals surface area contributed by atoms with Gasteiger partial charge < -0.3 is 10.8 Å². The van der Waals surface area contributed by atoms with E-state index in [1.54, 1.807) is 0 Å². The van der Waals surface area contributed by atoms with E-state index < -0.39 is 11.6 Å². The lowest BCUT2D eigenvalue weighted by Crippen LogP contribution is -2.47. The average Bonchev–Trinajstić information content (AvgIpc) is 2.74. The molecule has 27 heavy (non-hydrogen) atoms. The van der Waals surface area contributed by atoms with Crippen LogP contribution in [0, 0.1) is 0 Å². The molecule has 0 spiro atoms. The van der Waals surface area contributed by atoms with Crippen LogP contribution >= 0.6 is 0 Å². The maximum atomic E-state index is 11.8. The Morgan fingerprint density at radius 1 is 0.667 bits per heavy atom. The van der Waals surface area contributed by atoms with Crippen LogP contribution in [0.1, 0.15) is 16.7 Å². The van der Waals surface area contributed by atoms with Gasteiger partial charge in [0.2, 0.25) is 0 Å². The number of fused-ring (bicyclic) bond motifs is 1. The molecule has 0 aliphatic rings. The van der Waals surface area contributed by atoms with Crippen molar-refractivity contribution in [2.45, 2.75) is 18.1 Å². The van der Waals surface area contributed by atoms with Gasteiger partial charge in [-0.15, -0.1) is 0 Å². The Morgan fingerprint density at radius 2 is 1.19 bits per heavy atom. The Balaban J connectivity index is 1.73. The maximum absolute atomic E-state index is 11.8. The zero-order valence-corrected chi connectivity index (χ0v) is 15.1. The fourth-order valence-electron chi connectivity index (χ4n) is 3.75. The first-order valence-electron chi connectivity index (χ1n) is 9.24. The zero-order valence-electron chi connectivity index (χ0n) is 15.1. The first-order chi connectivity index (χ1) is 13.2. The van der Waals surface area contributed by atoms with E-state index in [0.717, 1.165) is 16.7 Å². The van der Waals surface area contributed by atoms with Crippen molar-refractivity contribution in [2.75, 3.05) is 0 Å². The van der Waals surface area contributed by atoms with Gasteiger partial charge in [-0.1, -0.05) is 103 Å². The Kier molecular flexibility index (Phi) is 4.76. The summed E-state index contributed by atoms with van der Waals surface area (Å²) in [5, 5.41) is 14.2. The normalized spacial score (nSPS) is 12.8. The van der Waals surface area contributed by atoms with Crippen molar-refractivity contribution in [1.82, 2.24) is 0 Å². The van der Waals surface area contributed by atoms with Crippen molar-refractivity contribution in [2.24, 2.45) is 5.73 Å². The molecule has 4 rings (SSSR count). The molecular weight excluding hydrogens is 330 g/mol. The molecule has 2 nitrogen and oxygen atoms in total. The van der Waals surface area contributed by atoms with E-state index in [4.69, 9.17) is 5.73 Å². The first kappa shape index (κ1) is 17.5. The van der Waals surface area contributed by atoms with E-state index in [2.05, 4.69) is 30.3 Å². The summed E-state index contributed by atoms with van der Waals surface area (Å²) >= 11 is 0. The lowest BCUT2D eigenvalue weighted by atomic mass is 9.78. The summed E-state index contributed by atoms with van der Waals surface area (Å²) in [5.41, 5.74) is 8.12. The molecule has 4 aromatic rings. The van der Waals surface area contributed by atoms with E-state index in [0.29, 0.717) is 6.42 Å². The van der Waals surface area contributed by atoms with Gasteiger partial charge in [-0.3, -0.25) is 0 Å². The molecule has 4 aromatic carbocycles. The highest BCUT2D eigenvalue weighted by Gasteiger charge is 2.38. The van der Waals surface area contributed by atoms with E-state index >= 15 is 0 Å². The van der Waals surface area contributed by atoms with Crippen molar-refractivity contribution in [3.8, 4) is 0 Å². The molecule has 0 saturated heterocycles. The molecule has 0 aliphatic carbocycles. The van der Waals surface area contributed by atoms with Crippen LogP contribution in [-0.2, 0) is 12.0 Å². The predicted octanol–water partition coefficient (Wildman–Crippen LogP) is 4.65. The summed E-state index contributed by atoms with van der Waals surface area (Å²) in [5.74, 6) is 0. The molecule has 0 aliphatic heterocycles. The van der Waals surface area contributed by atoms with Gasteiger partial charge in [0.05, 0.1) is 0 Å². The van der Waals surface area contributed by atoms with Gasteiger partial charge in [-0.05, 0) is 33.9 Å². The van der Waals surface area contributed by atoms with Crippen LogP contribution in [0.25, 0.3) is 10.8 Å². The SMILES string of the molecule is N[C@@H](Cc1ccc2ccccc2c1)C(O)(c1ccccc1)c1ccccc1. The first-order valence-corrected chi connectivity index (χ1v) is 9.24. The van der Waals surface area contributed by atoms with E-state index in [9.17, 15) is 5.11 Å². The summed E-state index contributed by atoms with van der Waals surface area (Å²) in [7, 11) is 0. The Hall–Kier alpha value is -2.94. The van der Waals surface area contributed by atoms with E-state index in [-0.39, 0.29) is 0 Å². The fraction of sp³-hybridized carbons (Fsp3) is 0.120. The lowest BCUT2D eigenvalue weighted by molar-refractivity contribution is 0.0517. The zero-order chi connectivity index (χ0) is 18.7. The predicted molar refractivity (Wildman–Crippen MR) is 112 cm³/mol. The van der Waals surface area contributed by atoms with Crippen molar-refractivity contribution in [1.29, 1.82) is 0 Å². The average molecular weight is 353 g/mol. The van der Waals surface area contributed by atoms with Crippen LogP contribution in [0.15, 0.2) is 103 Å². The van der Waals surface area contributed by atoms with Crippen LogP contribution in [0.4, 0.5) is 0 Å². The monoisotopic (exact) mass is 353 g/mol. The van der Waals surface area contributed by atoms with Gasteiger partial charge in [0.15, 0.2) is 0 Å². The molecule has 0 fully saturated rings. The summed E-state index contributed by atoms with van der Waals surface area (Å²) in [6, 6.07) is 33.6. The quantitative estimate of drug-likeness (QED) is 0.549. The lowest BCUT2D eigenvalue weighted by Gasteiger charge is -2.35. The third kappa shape index (κ3) is 3.37. The van der Waals surface area contributed by atoms with Crippen LogP contribution < -0.4 is 5.73 Å². The summed E-state index contributed by atoms with van der Waals surface area (Å²) in [4.78, 5) is 0. The standard InChI is InChI=1S/C25H23NO/c26-24(18-19-15-16-20-9-7-8-10-21(20)17-19)25(27,22-11-3-1-4-12-22)23-13-5-2-6-14-23/h1-17,24,27H,18,26H2/t24-/m0/s1. The Labute approximate surface area is 159 Å². The fourth-order valence-corrected chi connectivity index (χ4v) is 3.75. The van der Waals surface area contributed by atoms with Gasteiger partial charge >= 0.3 is 0 Å². The third-order valence-corrected chi connectivity index (χ3v) is 5.23. The molecule has 2 heteroatoms. The molecule has 3 N–H and O–H groups in total. The third-order valence-electron chi connectivity index (χ3n) is 5.23. The van der Waals surface area contributed by atoms with Crippen LogP contribution in [0.3, 0.4) is 0 Å². The second-order valence-electron chi connectivity index (χ2n) is 6.99. The number of rotatable bonds is 5. The van der Waals surface area contributed by atoms with Crippen LogP contribution in [0.2, 0.25) is 0 Å². The van der Waals surface area contributed by atoms with Crippen molar-refractivity contribution < 1.29 is 5.11 Å². The Morgan fingerprint density at radius 3 is 1.78 bits per heavy atom. The number of hydrogen-bond donors (Lipinski definition) is 2. The summed E-state index contributed by atoms with van der Waals surface area (Å²) < 4.78 is 0. The van der Waals surface area contributed by atoms with Gasteiger partial charge in [0.25, 0.3) is 0 Å². The van der Waals surface area contributed by atoms with E-state index in [1.165, 1.54) is 10.8 Å². The van der Waals surface area contributed by atoms with Crippen molar-refractivity contribution in [3.05, 3.63) is 120 Å². The maximum Gasteiger partial charge on any atom is 0.130 e. The highest BCUT2D eigenvalue weighted by Crippen LogP contribution is 2.33. The smallest absolute Gasteiger partial charge is 0.130 e. The topological polar surface area (TPSA) is 46.2 Å². The highest BCUT2D eigenvalue weighted by atomic mass is 16.3. The molecular formula is C25H23NO. The minimum Gasteiger partial charge on any atom is -0.379 e. The van der Waals surface area contributed by atoms with Crippen molar-refractivity contribution in [3.63, 3.8) is 0 Å². The molecule has 0 unspecified atom stereocenters. The minimum atomic E-state index is -1.26. The molecule has 0 aromatic heterocycles. The summed E-state index contributed by atoms with van der Waals surface area (Å²) in [6.45, 7) is 0. The highest BCUT2D eigenvalue weighted by molar-refractivity contribution is 5.83. The van der Waals surface area contributed by atoms with Gasteiger partial charge in [0, 0.05) is 6.04 Å². The number of benzene rings is 4. The van der Waals surface area contributed by atoms with E-state index in [1.807, 2.05) is 72.8 Å². The molecule has 1 atom stereocenters. The van der Waals surface area contributed by atoms with Gasteiger partial charge in [0.1, 0.15) is 5.60 Å². The van der Waals surface area contributed by atoms with Gasteiger partial charge in [-0.25, -0.2) is 0 Å². The second-order valence-corrected chi connectivity index (χ2v) is 6.99. The summed E-state index contributed by atoms with van der Waals surface area (Å²) in [6.07, 6.45) is 0.575. The number of hydrogen-bond acceptors (Lipinski definition) is 2. The molecule has 0 saturated carbocycles. The number of nitrogens with two attached hydrogens (primary N) is 1. The van der Waals surface area contributed by atoms with Crippen LogP contribution in [0.5, 0.6) is 0 Å². The molecule has 0 radical (unpaired) electrons. The van der Waals surface area contributed by atoms with Gasteiger partial charge in [-0.2, -0.15) is 0 Å². The van der Waals surface area contributed by atoms with Crippen LogP contribution in [-0.4, -0.2) is 11.1 Å². The minimum absolute atomic E-state index is 0.483. The molecule has 0 heterocycles. The Bertz CT molecular complexity index is 988. The molecule has 134 valence electrons. The molecule has 0 bridgehead atoms. The second kappa shape index (κ2) is 7.36. The van der Waals surface area contributed by atoms with Crippen molar-refractivity contribution >= 4 is 10.8 Å².